The molecule has 2 N–H and O–H groups in total. The molecule has 6 nitrogen and oxygen atoms in total. The van der Waals surface area contributed by atoms with Gasteiger partial charge < -0.3 is 19.9 Å². The van der Waals surface area contributed by atoms with Gasteiger partial charge in [0, 0.05) is 56.5 Å². The first-order valence-electron chi connectivity index (χ1n) is 10.6. The quantitative estimate of drug-likeness (QED) is 0.649. The molecule has 1 saturated heterocycles. The third-order valence-electron chi connectivity index (χ3n) is 6.10. The fraction of sp³-hybridized carbons (Fsp3) is 0.440. The van der Waals surface area contributed by atoms with Crippen molar-refractivity contribution in [1.82, 2.24) is 14.5 Å². The highest BCUT2D eigenvalue weighted by molar-refractivity contribution is 6.07. The molecule has 0 radical (unpaired) electrons. The Morgan fingerprint density at radius 3 is 2.65 bits per heavy atom. The molecule has 1 aliphatic rings. The summed E-state index contributed by atoms with van der Waals surface area (Å²) in [4.78, 5) is 20.1. The molecule has 0 unspecified atom stereocenters. The zero-order valence-corrected chi connectivity index (χ0v) is 17.8. The molecule has 1 aromatic carbocycles. The molecule has 3 heterocycles. The maximum absolute atomic E-state index is 13.4. The van der Waals surface area contributed by atoms with Crippen molar-refractivity contribution in [3.05, 3.63) is 65.1 Å². The summed E-state index contributed by atoms with van der Waals surface area (Å²) in [6.45, 7) is 5.39. The Labute approximate surface area is 185 Å². The van der Waals surface area contributed by atoms with Gasteiger partial charge in [-0.2, -0.15) is 0 Å². The zero-order valence-electron chi connectivity index (χ0n) is 17.8. The van der Waals surface area contributed by atoms with Crippen LogP contribution in [0, 0.1) is 6.92 Å². The number of carbonyl (C=O) groups is 1. The monoisotopic (exact) mass is 422 g/mol. The van der Waals surface area contributed by atoms with Gasteiger partial charge in [0.25, 0.3) is 5.91 Å². The number of nitrogens with zero attached hydrogens (tertiary/aromatic N) is 3. The van der Waals surface area contributed by atoms with Crippen LogP contribution in [-0.2, 0) is 17.8 Å². The number of rotatable bonds is 6. The average molecular weight is 423 g/mol. The molecule has 0 atom stereocenters. The van der Waals surface area contributed by atoms with Crippen molar-refractivity contribution in [1.29, 1.82) is 0 Å². The minimum atomic E-state index is 0. The molecular formula is C25H34N4O2. The van der Waals surface area contributed by atoms with E-state index in [2.05, 4.69) is 28.6 Å². The first-order chi connectivity index (χ1) is 14.6. The number of amides is 1. The summed E-state index contributed by atoms with van der Waals surface area (Å²) in [6, 6.07) is 12.2. The van der Waals surface area contributed by atoms with Crippen molar-refractivity contribution in [2.75, 3.05) is 26.8 Å². The lowest BCUT2D eigenvalue weighted by atomic mass is 9.92. The predicted molar refractivity (Wildman–Crippen MR) is 125 cm³/mol. The van der Waals surface area contributed by atoms with Crippen LogP contribution in [0.5, 0.6) is 0 Å². The van der Waals surface area contributed by atoms with E-state index >= 15 is 0 Å². The molecule has 31 heavy (non-hydrogen) atoms. The van der Waals surface area contributed by atoms with Crippen LogP contribution in [0.1, 0.15) is 53.5 Å². The molecule has 0 aliphatic carbocycles. The van der Waals surface area contributed by atoms with E-state index in [1.807, 2.05) is 35.4 Å². The maximum Gasteiger partial charge on any atom is 0.256 e. The second-order valence-electron chi connectivity index (χ2n) is 8.02. The number of benzene rings is 1. The van der Waals surface area contributed by atoms with E-state index in [9.17, 15) is 4.79 Å². The van der Waals surface area contributed by atoms with E-state index in [1.165, 1.54) is 5.56 Å². The van der Waals surface area contributed by atoms with Gasteiger partial charge in [-0.3, -0.25) is 9.78 Å². The predicted octanol–water partition coefficient (Wildman–Crippen LogP) is 4.11. The number of piperidine rings is 1. The molecule has 0 bridgehead atoms. The number of nitrogens with two attached hydrogens (primary N) is 1. The van der Waals surface area contributed by atoms with Crippen molar-refractivity contribution in [2.45, 2.75) is 46.2 Å². The number of aryl methyl sites for hydroxylation is 1. The number of hydrogen-bond acceptors (Lipinski definition) is 4. The van der Waals surface area contributed by atoms with E-state index in [4.69, 9.17) is 10.5 Å². The number of carbonyl (C=O) groups excluding carboxylic acids is 1. The molecule has 6 heteroatoms. The van der Waals surface area contributed by atoms with Gasteiger partial charge >= 0.3 is 0 Å². The number of para-hydroxylation sites is 1. The zero-order chi connectivity index (χ0) is 21.1. The highest BCUT2D eigenvalue weighted by Gasteiger charge is 2.27. The number of ether oxygens (including phenoxy) is 1. The summed E-state index contributed by atoms with van der Waals surface area (Å²) < 4.78 is 7.41. The SMILES string of the molecule is C.COCCn1cc(C(=O)N2CCC(c3cccc(CN)n3)CC2)c2cccc(C)c21. The summed E-state index contributed by atoms with van der Waals surface area (Å²) in [5, 5.41) is 1.02. The average Bonchev–Trinajstić information content (AvgIpc) is 3.17. The lowest BCUT2D eigenvalue weighted by Gasteiger charge is -2.31. The molecule has 166 valence electrons. The van der Waals surface area contributed by atoms with Gasteiger partial charge in [-0.05, 0) is 37.5 Å². The molecule has 3 aromatic rings. The fourth-order valence-electron chi connectivity index (χ4n) is 4.47. The Morgan fingerprint density at radius 1 is 1.19 bits per heavy atom. The minimum absolute atomic E-state index is 0. The van der Waals surface area contributed by atoms with Crippen LogP contribution in [0.4, 0.5) is 0 Å². The summed E-state index contributed by atoms with van der Waals surface area (Å²) in [6.07, 6.45) is 3.85. The highest BCUT2D eigenvalue weighted by Crippen LogP contribution is 2.30. The minimum Gasteiger partial charge on any atom is -0.383 e. The molecule has 1 aliphatic heterocycles. The van der Waals surface area contributed by atoms with Crippen molar-refractivity contribution in [2.24, 2.45) is 5.73 Å². The highest BCUT2D eigenvalue weighted by atomic mass is 16.5. The first-order valence-corrected chi connectivity index (χ1v) is 10.6. The largest absolute Gasteiger partial charge is 0.383 e. The number of methoxy groups -OCH3 is 1. The van der Waals surface area contributed by atoms with Gasteiger partial charge in [0.05, 0.1) is 23.4 Å². The van der Waals surface area contributed by atoms with Crippen LogP contribution in [0.25, 0.3) is 10.9 Å². The van der Waals surface area contributed by atoms with Crippen LogP contribution in [0.15, 0.2) is 42.6 Å². The van der Waals surface area contributed by atoms with Crippen molar-refractivity contribution < 1.29 is 9.53 Å². The molecule has 0 saturated carbocycles. The van der Waals surface area contributed by atoms with E-state index in [-0.39, 0.29) is 13.3 Å². The summed E-state index contributed by atoms with van der Waals surface area (Å²) in [7, 11) is 1.70. The second kappa shape index (κ2) is 10.1. The molecule has 0 spiro atoms. The van der Waals surface area contributed by atoms with Crippen LogP contribution in [0.2, 0.25) is 0 Å². The summed E-state index contributed by atoms with van der Waals surface area (Å²) in [5.74, 6) is 0.495. The molecule has 1 amide bonds. The molecule has 2 aromatic heterocycles. The van der Waals surface area contributed by atoms with Crippen LogP contribution >= 0.6 is 0 Å². The maximum atomic E-state index is 13.4. The van der Waals surface area contributed by atoms with Gasteiger partial charge in [0.15, 0.2) is 0 Å². The number of aromatic nitrogens is 2. The molecular weight excluding hydrogens is 388 g/mol. The van der Waals surface area contributed by atoms with Gasteiger partial charge in [-0.25, -0.2) is 0 Å². The van der Waals surface area contributed by atoms with Gasteiger partial charge in [-0.15, -0.1) is 0 Å². The van der Waals surface area contributed by atoms with Crippen LogP contribution < -0.4 is 5.73 Å². The van der Waals surface area contributed by atoms with E-state index in [0.29, 0.717) is 19.1 Å². The van der Waals surface area contributed by atoms with Gasteiger partial charge in [0.2, 0.25) is 0 Å². The standard InChI is InChI=1S/C24H30N4O2.CH4/c1-17-5-3-7-20-21(16-28(23(17)20)13-14-30-2)24(29)27-11-9-18(10-12-27)22-8-4-6-19(15-25)26-22;/h3-8,16,18H,9-15,25H2,1-2H3;1H4. The number of likely N-dealkylation sites (tertiary alicyclic amines) is 1. The Morgan fingerprint density at radius 2 is 1.94 bits per heavy atom. The van der Waals surface area contributed by atoms with E-state index in [1.54, 1.807) is 7.11 Å². The van der Waals surface area contributed by atoms with Crippen molar-refractivity contribution in [3.63, 3.8) is 0 Å². The normalized spacial score (nSPS) is 14.6. The Balaban J connectivity index is 0.00000272. The summed E-state index contributed by atoms with van der Waals surface area (Å²) in [5.41, 5.74) is 10.8. The Bertz CT molecular complexity index is 1040. The number of hydrogen-bond donors (Lipinski definition) is 1. The topological polar surface area (TPSA) is 73.4 Å². The van der Waals surface area contributed by atoms with Gasteiger partial charge in [-0.1, -0.05) is 31.7 Å². The number of pyridine rings is 1. The fourth-order valence-corrected chi connectivity index (χ4v) is 4.47. The third-order valence-corrected chi connectivity index (χ3v) is 6.10. The Hall–Kier alpha value is -2.70. The smallest absolute Gasteiger partial charge is 0.256 e. The number of fused-ring (bicyclic) bond motifs is 1. The Kier molecular flexibility index (Phi) is 7.46. The lowest BCUT2D eigenvalue weighted by Crippen LogP contribution is -2.38. The summed E-state index contributed by atoms with van der Waals surface area (Å²) >= 11 is 0. The first kappa shape index (κ1) is 23.0. The lowest BCUT2D eigenvalue weighted by molar-refractivity contribution is 0.0713. The van der Waals surface area contributed by atoms with Crippen LogP contribution in [-0.4, -0.2) is 47.2 Å². The molecule has 1 fully saturated rings. The van der Waals surface area contributed by atoms with Crippen molar-refractivity contribution >= 4 is 16.8 Å². The third kappa shape index (κ3) is 4.65. The second-order valence-corrected chi connectivity index (χ2v) is 8.02. The van der Waals surface area contributed by atoms with Crippen molar-refractivity contribution in [3.8, 4) is 0 Å². The van der Waals surface area contributed by atoms with Gasteiger partial charge in [0.1, 0.15) is 0 Å². The van der Waals surface area contributed by atoms with Crippen LogP contribution in [0.3, 0.4) is 0 Å². The van der Waals surface area contributed by atoms with E-state index < -0.39 is 0 Å². The van der Waals surface area contributed by atoms with E-state index in [0.717, 1.165) is 60.3 Å². The molecule has 4 rings (SSSR count).